The summed E-state index contributed by atoms with van der Waals surface area (Å²) in [6.45, 7) is 11.0. The van der Waals surface area contributed by atoms with Gasteiger partial charge >= 0.3 is 0 Å². The summed E-state index contributed by atoms with van der Waals surface area (Å²) in [5.74, 6) is -0.613. The molecule has 1 saturated carbocycles. The number of para-hydroxylation sites is 1. The van der Waals surface area contributed by atoms with Crippen LogP contribution in [0.4, 0.5) is 10.1 Å². The number of hydrogen-bond donors (Lipinski definition) is 2. The van der Waals surface area contributed by atoms with Crippen molar-refractivity contribution in [2.75, 3.05) is 11.9 Å². The largest absolute Gasteiger partial charge is 0.382 e. The van der Waals surface area contributed by atoms with Crippen molar-refractivity contribution in [3.8, 4) is 0 Å². The molecule has 0 spiro atoms. The van der Waals surface area contributed by atoms with Gasteiger partial charge in [0.05, 0.1) is 11.3 Å². The van der Waals surface area contributed by atoms with Crippen LogP contribution < -0.4 is 10.6 Å². The number of benzene rings is 1. The molecule has 2 rings (SSSR count). The molecule has 2 N–H and O–H groups in total. The molecule has 0 heterocycles. The van der Waals surface area contributed by atoms with Crippen LogP contribution in [0.3, 0.4) is 0 Å². The summed E-state index contributed by atoms with van der Waals surface area (Å²) in [5, 5.41) is 5.96. The number of rotatable bonds is 4. The maximum absolute atomic E-state index is 13.8. The van der Waals surface area contributed by atoms with Gasteiger partial charge in [-0.25, -0.2) is 4.39 Å². The summed E-state index contributed by atoms with van der Waals surface area (Å²) in [4.78, 5) is 12.4. The van der Waals surface area contributed by atoms with Crippen LogP contribution in [0, 0.1) is 16.6 Å². The summed E-state index contributed by atoms with van der Waals surface area (Å²) in [7, 11) is 0. The highest BCUT2D eigenvalue weighted by atomic mass is 19.1. The minimum absolute atomic E-state index is 0.0638. The van der Waals surface area contributed by atoms with Crippen LogP contribution in [0.2, 0.25) is 0 Å². The van der Waals surface area contributed by atoms with Crippen LogP contribution >= 0.6 is 0 Å². The topological polar surface area (TPSA) is 41.1 Å². The monoisotopic (exact) mass is 278 g/mol. The third-order valence-electron chi connectivity index (χ3n) is 4.91. The fourth-order valence-corrected chi connectivity index (χ4v) is 2.84. The van der Waals surface area contributed by atoms with Crippen molar-refractivity contribution in [3.63, 3.8) is 0 Å². The number of nitrogens with one attached hydrogen (secondary N) is 2. The number of hydrogen-bond acceptors (Lipinski definition) is 2. The lowest BCUT2D eigenvalue weighted by Gasteiger charge is -2.13. The first-order valence-corrected chi connectivity index (χ1v) is 7.06. The highest BCUT2D eigenvalue weighted by molar-refractivity contribution is 6.00. The second-order valence-corrected chi connectivity index (χ2v) is 6.54. The van der Waals surface area contributed by atoms with Gasteiger partial charge in [0, 0.05) is 12.6 Å². The molecule has 0 atom stereocenters. The number of amides is 1. The highest BCUT2D eigenvalue weighted by Crippen LogP contribution is 2.62. The number of halogens is 1. The van der Waals surface area contributed by atoms with Gasteiger partial charge in [-0.2, -0.15) is 0 Å². The van der Waals surface area contributed by atoms with Crippen LogP contribution in [0.25, 0.3) is 0 Å². The van der Waals surface area contributed by atoms with Gasteiger partial charge in [0.15, 0.2) is 0 Å². The van der Waals surface area contributed by atoms with Gasteiger partial charge < -0.3 is 10.6 Å². The van der Waals surface area contributed by atoms with Crippen molar-refractivity contribution in [3.05, 3.63) is 29.6 Å². The zero-order valence-corrected chi connectivity index (χ0v) is 12.8. The Bertz CT molecular complexity index is 523. The van der Waals surface area contributed by atoms with E-state index in [2.05, 4.69) is 38.3 Å². The van der Waals surface area contributed by atoms with E-state index < -0.39 is 5.82 Å². The second kappa shape index (κ2) is 4.76. The van der Waals surface area contributed by atoms with Crippen LogP contribution in [0.15, 0.2) is 18.2 Å². The van der Waals surface area contributed by atoms with E-state index in [1.807, 2.05) is 6.92 Å². The van der Waals surface area contributed by atoms with E-state index in [0.717, 1.165) is 0 Å². The molecule has 3 nitrogen and oxygen atoms in total. The first kappa shape index (κ1) is 14.8. The van der Waals surface area contributed by atoms with Crippen molar-refractivity contribution in [1.82, 2.24) is 5.32 Å². The van der Waals surface area contributed by atoms with Gasteiger partial charge in [-0.15, -0.1) is 0 Å². The molecule has 1 aliphatic rings. The van der Waals surface area contributed by atoms with Crippen LogP contribution in [0.5, 0.6) is 0 Å². The maximum Gasteiger partial charge on any atom is 0.253 e. The molecule has 0 aromatic heterocycles. The number of anilines is 1. The van der Waals surface area contributed by atoms with E-state index in [1.54, 1.807) is 12.1 Å². The Balaban J connectivity index is 2.21. The summed E-state index contributed by atoms with van der Waals surface area (Å²) < 4.78 is 13.8. The van der Waals surface area contributed by atoms with E-state index in [-0.39, 0.29) is 28.5 Å². The van der Waals surface area contributed by atoms with Gasteiger partial charge in [0.1, 0.15) is 5.82 Å². The number of carbonyl (C=O) groups is 1. The standard InChI is InChI=1S/C16H23FN2O/c1-6-18-12-10(8-7-9-11(12)17)13(20)19-14-15(2,3)16(14,4)5/h7-9,14,18H,6H2,1-5H3,(H,19,20). The highest BCUT2D eigenvalue weighted by Gasteiger charge is 2.65. The molecule has 1 aromatic carbocycles. The first-order valence-electron chi connectivity index (χ1n) is 7.06. The third-order valence-corrected chi connectivity index (χ3v) is 4.91. The molecule has 1 amide bonds. The predicted molar refractivity (Wildman–Crippen MR) is 79.4 cm³/mol. The predicted octanol–water partition coefficient (Wildman–Crippen LogP) is 3.42. The van der Waals surface area contributed by atoms with E-state index in [0.29, 0.717) is 12.1 Å². The molecule has 4 heteroatoms. The molecule has 1 aliphatic carbocycles. The fraction of sp³-hybridized carbons (Fsp3) is 0.562. The smallest absolute Gasteiger partial charge is 0.253 e. The Kier molecular flexibility index (Phi) is 3.53. The summed E-state index contributed by atoms with van der Waals surface area (Å²) in [6, 6.07) is 4.69. The van der Waals surface area contributed by atoms with Gasteiger partial charge in [-0.1, -0.05) is 33.8 Å². The van der Waals surface area contributed by atoms with Crippen molar-refractivity contribution in [1.29, 1.82) is 0 Å². The Morgan fingerprint density at radius 1 is 1.25 bits per heavy atom. The van der Waals surface area contributed by atoms with Crippen molar-refractivity contribution >= 4 is 11.6 Å². The Labute approximate surface area is 120 Å². The maximum atomic E-state index is 13.8. The molecule has 0 radical (unpaired) electrons. The minimum atomic E-state index is -0.395. The lowest BCUT2D eigenvalue weighted by molar-refractivity contribution is 0.0944. The van der Waals surface area contributed by atoms with Gasteiger partial charge in [-0.05, 0) is 29.9 Å². The molecule has 0 bridgehead atoms. The lowest BCUT2D eigenvalue weighted by Crippen LogP contribution is -2.30. The summed E-state index contributed by atoms with van der Waals surface area (Å²) in [6.07, 6.45) is 0. The van der Waals surface area contributed by atoms with E-state index in [9.17, 15) is 9.18 Å². The number of carbonyl (C=O) groups excluding carboxylic acids is 1. The molecular weight excluding hydrogens is 255 g/mol. The minimum Gasteiger partial charge on any atom is -0.382 e. The van der Waals surface area contributed by atoms with Crippen LogP contribution in [-0.2, 0) is 0 Å². The first-order chi connectivity index (χ1) is 9.23. The van der Waals surface area contributed by atoms with Gasteiger partial charge in [0.25, 0.3) is 5.91 Å². The van der Waals surface area contributed by atoms with Crippen molar-refractivity contribution in [2.45, 2.75) is 40.7 Å². The Morgan fingerprint density at radius 3 is 2.35 bits per heavy atom. The molecule has 0 unspecified atom stereocenters. The quantitative estimate of drug-likeness (QED) is 0.886. The van der Waals surface area contributed by atoms with E-state index in [4.69, 9.17) is 0 Å². The molecule has 110 valence electrons. The normalized spacial score (nSPS) is 19.5. The Hall–Kier alpha value is -1.58. The van der Waals surface area contributed by atoms with Crippen LogP contribution in [-0.4, -0.2) is 18.5 Å². The summed E-state index contributed by atoms with van der Waals surface area (Å²) >= 11 is 0. The average Bonchev–Trinajstić information content (AvgIpc) is 2.74. The zero-order valence-electron chi connectivity index (χ0n) is 12.8. The molecule has 1 aromatic rings. The second-order valence-electron chi connectivity index (χ2n) is 6.54. The summed E-state index contributed by atoms with van der Waals surface area (Å²) in [5.41, 5.74) is 0.775. The van der Waals surface area contributed by atoms with Crippen molar-refractivity contribution < 1.29 is 9.18 Å². The molecule has 0 aliphatic heterocycles. The SMILES string of the molecule is CCNc1c(F)cccc1C(=O)NC1C(C)(C)C1(C)C. The molecule has 20 heavy (non-hydrogen) atoms. The molecule has 0 saturated heterocycles. The van der Waals surface area contributed by atoms with Gasteiger partial charge in [-0.3, -0.25) is 4.79 Å². The lowest BCUT2D eigenvalue weighted by atomic mass is 10.0. The third kappa shape index (κ3) is 2.17. The van der Waals surface area contributed by atoms with Crippen molar-refractivity contribution in [2.24, 2.45) is 10.8 Å². The van der Waals surface area contributed by atoms with Crippen LogP contribution in [0.1, 0.15) is 45.0 Å². The van der Waals surface area contributed by atoms with E-state index >= 15 is 0 Å². The molecule has 1 fully saturated rings. The van der Waals surface area contributed by atoms with E-state index in [1.165, 1.54) is 6.07 Å². The molecular formula is C16H23FN2O. The average molecular weight is 278 g/mol. The zero-order chi connectivity index (χ0) is 15.1. The van der Waals surface area contributed by atoms with Gasteiger partial charge in [0.2, 0.25) is 0 Å². The fourth-order valence-electron chi connectivity index (χ4n) is 2.84. The Morgan fingerprint density at radius 2 is 1.85 bits per heavy atom.